The van der Waals surface area contributed by atoms with Crippen molar-refractivity contribution >= 4 is 21.9 Å². The second kappa shape index (κ2) is 6.42. The summed E-state index contributed by atoms with van der Waals surface area (Å²) in [5, 5.41) is 0. The first kappa shape index (κ1) is 16.0. The third-order valence-corrected chi connectivity index (χ3v) is 3.57. The molecule has 0 aliphatic heterocycles. The average molecular weight is 326 g/mol. The van der Waals surface area contributed by atoms with E-state index in [0.29, 0.717) is 0 Å². The number of hydrogen-bond acceptors (Lipinski definition) is 1. The molecule has 0 aromatic heterocycles. The van der Waals surface area contributed by atoms with Crippen LogP contribution in [0, 0.1) is 0 Å². The lowest BCUT2D eigenvalue weighted by Crippen LogP contribution is -2.36. The van der Waals surface area contributed by atoms with E-state index in [1.165, 1.54) is 5.56 Å². The first-order valence-electron chi connectivity index (χ1n) is 6.39. The van der Waals surface area contributed by atoms with Crippen LogP contribution in [0.5, 0.6) is 0 Å². The molecule has 0 aliphatic carbocycles. The lowest BCUT2D eigenvalue weighted by Gasteiger charge is -2.27. The standard InChI is InChI=1S/C15H24BrN3/c1-15(2,12-7-9-13(16)10-8-12)11-17-14(18(3)4)19(5)6/h7-10H,11H2,1-6H3. The zero-order valence-corrected chi connectivity index (χ0v) is 14.3. The highest BCUT2D eigenvalue weighted by atomic mass is 79.9. The van der Waals surface area contributed by atoms with Crippen LogP contribution in [0.3, 0.4) is 0 Å². The Morgan fingerprint density at radius 2 is 1.53 bits per heavy atom. The minimum atomic E-state index is 0.0258. The lowest BCUT2D eigenvalue weighted by atomic mass is 9.85. The van der Waals surface area contributed by atoms with E-state index in [1.54, 1.807) is 0 Å². The third-order valence-electron chi connectivity index (χ3n) is 3.04. The second-order valence-electron chi connectivity index (χ2n) is 5.80. The van der Waals surface area contributed by atoms with Gasteiger partial charge in [0.2, 0.25) is 0 Å². The van der Waals surface area contributed by atoms with Crippen molar-refractivity contribution in [3.63, 3.8) is 0 Å². The highest BCUT2D eigenvalue weighted by molar-refractivity contribution is 9.10. The summed E-state index contributed by atoms with van der Waals surface area (Å²) < 4.78 is 1.11. The van der Waals surface area contributed by atoms with Crippen molar-refractivity contribution in [3.8, 4) is 0 Å². The molecule has 19 heavy (non-hydrogen) atoms. The maximum atomic E-state index is 4.75. The van der Waals surface area contributed by atoms with E-state index in [1.807, 2.05) is 38.0 Å². The summed E-state index contributed by atoms with van der Waals surface area (Å²) in [6, 6.07) is 8.48. The van der Waals surface area contributed by atoms with Crippen molar-refractivity contribution in [1.82, 2.24) is 9.80 Å². The van der Waals surface area contributed by atoms with Crippen molar-refractivity contribution in [2.75, 3.05) is 34.7 Å². The lowest BCUT2D eigenvalue weighted by molar-refractivity contribution is 0.464. The fourth-order valence-electron chi connectivity index (χ4n) is 1.94. The molecule has 0 saturated carbocycles. The maximum absolute atomic E-state index is 4.75. The van der Waals surface area contributed by atoms with Gasteiger partial charge in [-0.2, -0.15) is 0 Å². The Labute approximate surface area is 125 Å². The van der Waals surface area contributed by atoms with E-state index in [0.717, 1.165) is 17.0 Å². The van der Waals surface area contributed by atoms with E-state index < -0.39 is 0 Å². The van der Waals surface area contributed by atoms with Gasteiger partial charge in [0.25, 0.3) is 0 Å². The molecule has 1 aromatic carbocycles. The first-order chi connectivity index (χ1) is 8.74. The SMILES string of the molecule is CN(C)C(=NCC(C)(C)c1ccc(Br)cc1)N(C)C. The number of guanidine groups is 1. The number of benzene rings is 1. The second-order valence-corrected chi connectivity index (χ2v) is 6.71. The third kappa shape index (κ3) is 4.53. The van der Waals surface area contributed by atoms with Crippen LogP contribution in [0.1, 0.15) is 19.4 Å². The van der Waals surface area contributed by atoms with E-state index in [4.69, 9.17) is 4.99 Å². The van der Waals surface area contributed by atoms with Gasteiger partial charge in [0, 0.05) is 38.1 Å². The van der Waals surface area contributed by atoms with Gasteiger partial charge < -0.3 is 9.80 Å². The molecule has 0 heterocycles. The summed E-state index contributed by atoms with van der Waals surface area (Å²) in [7, 11) is 8.08. The van der Waals surface area contributed by atoms with Gasteiger partial charge in [-0.15, -0.1) is 0 Å². The van der Waals surface area contributed by atoms with Crippen molar-refractivity contribution in [2.45, 2.75) is 19.3 Å². The van der Waals surface area contributed by atoms with Gasteiger partial charge in [0.05, 0.1) is 6.54 Å². The molecule has 0 bridgehead atoms. The molecule has 0 atom stereocenters. The van der Waals surface area contributed by atoms with Crippen LogP contribution >= 0.6 is 15.9 Å². The summed E-state index contributed by atoms with van der Waals surface area (Å²) in [6.07, 6.45) is 0. The zero-order chi connectivity index (χ0) is 14.6. The predicted octanol–water partition coefficient (Wildman–Crippen LogP) is 3.21. The molecule has 4 heteroatoms. The molecule has 0 N–H and O–H groups in total. The van der Waals surface area contributed by atoms with Crippen LogP contribution in [-0.2, 0) is 5.41 Å². The Morgan fingerprint density at radius 3 is 1.95 bits per heavy atom. The van der Waals surface area contributed by atoms with Gasteiger partial charge in [0.15, 0.2) is 5.96 Å². The smallest absolute Gasteiger partial charge is 0.195 e. The fraction of sp³-hybridized carbons (Fsp3) is 0.533. The first-order valence-corrected chi connectivity index (χ1v) is 7.18. The quantitative estimate of drug-likeness (QED) is 0.627. The number of aliphatic imine (C=N–C) groups is 1. The van der Waals surface area contributed by atoms with Gasteiger partial charge in [-0.1, -0.05) is 41.9 Å². The Balaban J connectivity index is 2.90. The Kier molecular flexibility index (Phi) is 5.41. The summed E-state index contributed by atoms with van der Waals surface area (Å²) in [6.45, 7) is 5.21. The van der Waals surface area contributed by atoms with Crippen LogP contribution in [-0.4, -0.2) is 50.5 Å². The van der Waals surface area contributed by atoms with Crippen molar-refractivity contribution in [2.24, 2.45) is 4.99 Å². The Bertz CT molecular complexity index is 423. The fourth-order valence-corrected chi connectivity index (χ4v) is 2.21. The van der Waals surface area contributed by atoms with E-state index in [2.05, 4.69) is 54.0 Å². The zero-order valence-electron chi connectivity index (χ0n) is 12.7. The molecule has 0 spiro atoms. The molecular formula is C15H24BrN3. The molecule has 0 fully saturated rings. The average Bonchev–Trinajstić information content (AvgIpc) is 2.28. The monoisotopic (exact) mass is 325 g/mol. The van der Waals surface area contributed by atoms with Crippen LogP contribution in [0.2, 0.25) is 0 Å². The molecule has 0 radical (unpaired) electrons. The number of rotatable bonds is 3. The van der Waals surface area contributed by atoms with Crippen LogP contribution in [0.15, 0.2) is 33.7 Å². The molecule has 0 aliphatic rings. The summed E-state index contributed by atoms with van der Waals surface area (Å²) in [5.41, 5.74) is 1.33. The molecule has 0 unspecified atom stereocenters. The molecular weight excluding hydrogens is 302 g/mol. The van der Waals surface area contributed by atoms with Gasteiger partial charge in [-0.25, -0.2) is 0 Å². The van der Waals surface area contributed by atoms with Crippen molar-refractivity contribution < 1.29 is 0 Å². The van der Waals surface area contributed by atoms with Gasteiger partial charge in [-0.3, -0.25) is 4.99 Å². The van der Waals surface area contributed by atoms with E-state index >= 15 is 0 Å². The number of hydrogen-bond donors (Lipinski definition) is 0. The number of nitrogens with zero attached hydrogens (tertiary/aromatic N) is 3. The number of halogens is 1. The Morgan fingerprint density at radius 1 is 1.05 bits per heavy atom. The van der Waals surface area contributed by atoms with Crippen LogP contribution in [0.25, 0.3) is 0 Å². The Hall–Kier alpha value is -1.03. The molecule has 106 valence electrons. The van der Waals surface area contributed by atoms with Gasteiger partial charge in [-0.05, 0) is 17.7 Å². The normalized spacial score (nSPS) is 11.1. The molecule has 0 amide bonds. The molecule has 3 nitrogen and oxygen atoms in total. The molecule has 1 aromatic rings. The minimum Gasteiger partial charge on any atom is -0.349 e. The summed E-state index contributed by atoms with van der Waals surface area (Å²) in [5.74, 6) is 0.991. The van der Waals surface area contributed by atoms with E-state index in [-0.39, 0.29) is 5.41 Å². The van der Waals surface area contributed by atoms with Gasteiger partial charge in [0.1, 0.15) is 0 Å². The van der Waals surface area contributed by atoms with Crippen LogP contribution in [0.4, 0.5) is 0 Å². The minimum absolute atomic E-state index is 0.0258. The van der Waals surface area contributed by atoms with Crippen LogP contribution < -0.4 is 0 Å². The van der Waals surface area contributed by atoms with Crippen molar-refractivity contribution in [3.05, 3.63) is 34.3 Å². The highest BCUT2D eigenvalue weighted by Crippen LogP contribution is 2.25. The molecule has 0 saturated heterocycles. The predicted molar refractivity (Wildman–Crippen MR) is 86.8 cm³/mol. The highest BCUT2D eigenvalue weighted by Gasteiger charge is 2.20. The van der Waals surface area contributed by atoms with E-state index in [9.17, 15) is 0 Å². The summed E-state index contributed by atoms with van der Waals surface area (Å²) in [4.78, 5) is 8.83. The molecule has 1 rings (SSSR count). The summed E-state index contributed by atoms with van der Waals surface area (Å²) >= 11 is 3.47. The topological polar surface area (TPSA) is 18.8 Å². The largest absolute Gasteiger partial charge is 0.349 e. The maximum Gasteiger partial charge on any atom is 0.195 e. The van der Waals surface area contributed by atoms with Crippen molar-refractivity contribution in [1.29, 1.82) is 0 Å². The van der Waals surface area contributed by atoms with Gasteiger partial charge >= 0.3 is 0 Å².